The molecule has 0 aromatic heterocycles. The second-order valence-corrected chi connectivity index (χ2v) is 5.32. The lowest BCUT2D eigenvalue weighted by Crippen LogP contribution is -2.48. The van der Waals surface area contributed by atoms with Crippen molar-refractivity contribution in [1.82, 2.24) is 15.3 Å². The SMILES string of the molecule is C=C(NC)OCOC(=N)CON1C(=O)N2C[C@@H]1C=C(C)[C@H]2C(N)=O. The van der Waals surface area contributed by atoms with Gasteiger partial charge in [0, 0.05) is 7.05 Å². The Hall–Kier alpha value is -2.75. The maximum Gasteiger partial charge on any atom is 0.345 e. The zero-order chi connectivity index (χ0) is 17.9. The lowest BCUT2D eigenvalue weighted by Gasteiger charge is -2.27. The van der Waals surface area contributed by atoms with Crippen LogP contribution in [0.5, 0.6) is 0 Å². The first-order chi connectivity index (χ1) is 11.3. The van der Waals surface area contributed by atoms with E-state index in [0.29, 0.717) is 18.0 Å². The van der Waals surface area contributed by atoms with Crippen LogP contribution in [0.3, 0.4) is 0 Å². The van der Waals surface area contributed by atoms with E-state index in [9.17, 15) is 9.59 Å². The van der Waals surface area contributed by atoms with Crippen LogP contribution in [0.25, 0.3) is 0 Å². The van der Waals surface area contributed by atoms with E-state index in [0.717, 1.165) is 5.06 Å². The molecule has 10 heteroatoms. The van der Waals surface area contributed by atoms with E-state index in [-0.39, 0.29) is 25.3 Å². The van der Waals surface area contributed by atoms with Gasteiger partial charge in [0.25, 0.3) is 0 Å². The molecule has 0 unspecified atom stereocenters. The summed E-state index contributed by atoms with van der Waals surface area (Å²) in [4.78, 5) is 30.6. The fraction of sp³-hybridized carbons (Fsp3) is 0.500. The Kier molecular flexibility index (Phi) is 5.29. The molecule has 1 saturated heterocycles. The molecule has 24 heavy (non-hydrogen) atoms. The summed E-state index contributed by atoms with van der Waals surface area (Å²) < 4.78 is 10.0. The topological polar surface area (TPSA) is 130 Å². The fourth-order valence-electron chi connectivity index (χ4n) is 2.54. The Morgan fingerprint density at radius 2 is 2.25 bits per heavy atom. The predicted octanol–water partition coefficient (Wildman–Crippen LogP) is -0.503. The maximum atomic E-state index is 12.3. The van der Waals surface area contributed by atoms with Crippen molar-refractivity contribution in [3.05, 3.63) is 24.1 Å². The molecule has 1 fully saturated rings. The summed E-state index contributed by atoms with van der Waals surface area (Å²) in [6, 6.07) is -1.57. The zero-order valence-corrected chi connectivity index (χ0v) is 13.6. The molecular formula is C14H21N5O5. The van der Waals surface area contributed by atoms with Crippen LogP contribution < -0.4 is 11.1 Å². The van der Waals surface area contributed by atoms with Crippen LogP contribution in [-0.4, -0.2) is 66.9 Å². The van der Waals surface area contributed by atoms with Crippen molar-refractivity contribution in [2.75, 3.05) is 27.0 Å². The van der Waals surface area contributed by atoms with Gasteiger partial charge < -0.3 is 25.4 Å². The molecule has 0 radical (unpaired) electrons. The predicted molar refractivity (Wildman–Crippen MR) is 83.4 cm³/mol. The van der Waals surface area contributed by atoms with Crippen LogP contribution >= 0.6 is 0 Å². The summed E-state index contributed by atoms with van der Waals surface area (Å²) in [6.45, 7) is 5.13. The zero-order valence-electron chi connectivity index (χ0n) is 13.6. The van der Waals surface area contributed by atoms with Gasteiger partial charge in [-0.3, -0.25) is 15.0 Å². The molecule has 0 spiro atoms. The number of nitrogens with one attached hydrogen (secondary N) is 2. The number of ether oxygens (including phenoxy) is 2. The molecule has 2 aliphatic heterocycles. The Morgan fingerprint density at radius 3 is 2.88 bits per heavy atom. The Balaban J connectivity index is 1.86. The number of fused-ring (bicyclic) bond motifs is 2. The summed E-state index contributed by atoms with van der Waals surface area (Å²) >= 11 is 0. The van der Waals surface area contributed by atoms with E-state index in [4.69, 9.17) is 25.5 Å². The van der Waals surface area contributed by atoms with Crippen molar-refractivity contribution in [2.45, 2.75) is 19.0 Å². The molecular weight excluding hydrogens is 318 g/mol. The van der Waals surface area contributed by atoms with E-state index >= 15 is 0 Å². The van der Waals surface area contributed by atoms with E-state index in [1.165, 1.54) is 4.90 Å². The van der Waals surface area contributed by atoms with Crippen LogP contribution in [0, 0.1) is 5.41 Å². The number of carbonyl (C=O) groups is 2. The lowest BCUT2D eigenvalue weighted by atomic mass is 10.0. The first-order valence-electron chi connectivity index (χ1n) is 7.25. The standard InChI is InChI=1S/C14H21N5O5/c1-8-4-10-5-18(12(8)13(16)20)14(21)19(10)24-6-11(15)23-7-22-9(2)17-3/h4,10,12,15,17H,2,5-7H2,1,3H3,(H2,16,20)/t10-,12-/m0/s1. The first-order valence-corrected chi connectivity index (χ1v) is 7.25. The van der Waals surface area contributed by atoms with Gasteiger partial charge >= 0.3 is 6.03 Å². The van der Waals surface area contributed by atoms with Crippen molar-refractivity contribution in [3.8, 4) is 0 Å². The molecule has 10 nitrogen and oxygen atoms in total. The molecule has 2 aliphatic rings. The van der Waals surface area contributed by atoms with Gasteiger partial charge in [-0.25, -0.2) is 4.79 Å². The molecule has 2 rings (SSSR count). The third-order valence-corrected chi connectivity index (χ3v) is 3.67. The minimum Gasteiger partial charge on any atom is -0.443 e. The third kappa shape index (κ3) is 3.59. The number of rotatable bonds is 8. The molecule has 0 aliphatic carbocycles. The molecule has 0 aromatic rings. The van der Waals surface area contributed by atoms with Gasteiger partial charge in [-0.1, -0.05) is 6.08 Å². The van der Waals surface area contributed by atoms with Crippen molar-refractivity contribution in [1.29, 1.82) is 5.41 Å². The Labute approximate surface area is 139 Å². The van der Waals surface area contributed by atoms with Crippen molar-refractivity contribution in [2.24, 2.45) is 5.73 Å². The number of amides is 3. The van der Waals surface area contributed by atoms with Crippen molar-refractivity contribution >= 4 is 17.8 Å². The van der Waals surface area contributed by atoms with E-state index in [1.54, 1.807) is 20.0 Å². The minimum atomic E-state index is -0.765. The highest BCUT2D eigenvalue weighted by Gasteiger charge is 2.46. The molecule has 4 N–H and O–H groups in total. The lowest BCUT2D eigenvalue weighted by molar-refractivity contribution is -0.121. The normalized spacial score (nSPS) is 22.1. The van der Waals surface area contributed by atoms with Crippen LogP contribution in [-0.2, 0) is 19.1 Å². The van der Waals surface area contributed by atoms with E-state index in [1.807, 2.05) is 0 Å². The number of primary amides is 1. The van der Waals surface area contributed by atoms with Gasteiger partial charge in [0.15, 0.2) is 12.5 Å². The molecule has 0 aromatic carbocycles. The largest absolute Gasteiger partial charge is 0.443 e. The molecule has 2 bridgehead atoms. The molecule has 0 saturated carbocycles. The third-order valence-electron chi connectivity index (χ3n) is 3.67. The van der Waals surface area contributed by atoms with Crippen LogP contribution in [0.15, 0.2) is 24.1 Å². The Morgan fingerprint density at radius 1 is 1.54 bits per heavy atom. The minimum absolute atomic E-state index is 0.200. The van der Waals surface area contributed by atoms with Gasteiger partial charge in [-0.2, -0.15) is 5.06 Å². The van der Waals surface area contributed by atoms with E-state index in [2.05, 4.69) is 11.9 Å². The number of hydroxylamine groups is 2. The number of urea groups is 1. The number of nitrogens with two attached hydrogens (primary N) is 1. The molecule has 3 amide bonds. The molecule has 2 heterocycles. The smallest absolute Gasteiger partial charge is 0.345 e. The summed E-state index contributed by atoms with van der Waals surface area (Å²) in [5.41, 5.74) is 6.05. The highest BCUT2D eigenvalue weighted by atomic mass is 16.7. The average molecular weight is 339 g/mol. The molecule has 132 valence electrons. The highest BCUT2D eigenvalue weighted by Crippen LogP contribution is 2.29. The maximum absolute atomic E-state index is 12.3. The van der Waals surface area contributed by atoms with E-state index < -0.39 is 18.0 Å². The van der Waals surface area contributed by atoms with Gasteiger partial charge in [0.1, 0.15) is 6.04 Å². The Bertz CT molecular complexity index is 590. The van der Waals surface area contributed by atoms with Gasteiger partial charge in [0.2, 0.25) is 18.6 Å². The fourth-order valence-corrected chi connectivity index (χ4v) is 2.54. The second-order valence-electron chi connectivity index (χ2n) is 5.32. The van der Waals surface area contributed by atoms with Crippen LogP contribution in [0.2, 0.25) is 0 Å². The van der Waals surface area contributed by atoms with Gasteiger partial charge in [-0.05, 0) is 19.1 Å². The van der Waals surface area contributed by atoms with Gasteiger partial charge in [0.05, 0.1) is 12.6 Å². The number of carbonyl (C=O) groups excluding carboxylic acids is 2. The summed E-state index contributed by atoms with van der Waals surface area (Å²) in [6.07, 6.45) is 1.77. The number of hydrogen-bond donors (Lipinski definition) is 3. The van der Waals surface area contributed by atoms with Crippen LogP contribution in [0.1, 0.15) is 6.92 Å². The van der Waals surface area contributed by atoms with Crippen LogP contribution in [0.4, 0.5) is 4.79 Å². The quantitative estimate of drug-likeness (QED) is 0.180. The summed E-state index contributed by atoms with van der Waals surface area (Å²) in [5, 5.41) is 11.4. The highest BCUT2D eigenvalue weighted by molar-refractivity contribution is 5.90. The monoisotopic (exact) mass is 339 g/mol. The second kappa shape index (κ2) is 7.21. The number of hydrogen-bond acceptors (Lipinski definition) is 7. The molecule has 2 atom stereocenters. The van der Waals surface area contributed by atoms with Gasteiger partial charge in [-0.15, -0.1) is 0 Å². The summed E-state index contributed by atoms with van der Waals surface area (Å²) in [5.74, 6) is -0.496. The number of nitrogens with zero attached hydrogens (tertiary/aromatic N) is 2. The summed E-state index contributed by atoms with van der Waals surface area (Å²) in [7, 11) is 1.64. The first kappa shape index (κ1) is 17.6. The van der Waals surface area contributed by atoms with Crippen molar-refractivity contribution < 1.29 is 23.9 Å². The van der Waals surface area contributed by atoms with Crippen molar-refractivity contribution in [3.63, 3.8) is 0 Å². The average Bonchev–Trinajstić information content (AvgIpc) is 2.76.